The molecule has 4 aromatic carbocycles. The molecule has 0 aliphatic rings. The van der Waals surface area contributed by atoms with Gasteiger partial charge in [0.15, 0.2) is 0 Å². The van der Waals surface area contributed by atoms with E-state index in [1.807, 2.05) is 54.6 Å². The first kappa shape index (κ1) is 44.4. The Hall–Kier alpha value is -6.69. The second-order valence-electron chi connectivity index (χ2n) is 15.3. The Morgan fingerprint density at radius 2 is 0.508 bits per heavy atom. The largest absolute Gasteiger partial charge is 0.493 e. The van der Waals surface area contributed by atoms with Gasteiger partial charge < -0.3 is 41.7 Å². The van der Waals surface area contributed by atoms with Crippen molar-refractivity contribution in [3.8, 4) is 34.5 Å². The summed E-state index contributed by atoms with van der Waals surface area (Å²) in [6.45, 7) is 3.43. The summed E-state index contributed by atoms with van der Waals surface area (Å²) in [7, 11) is 0. The molecule has 0 aliphatic heterocycles. The number of benzene rings is 4. The van der Waals surface area contributed by atoms with E-state index in [9.17, 15) is 14.4 Å². The molecule has 0 N–H and O–H groups in total. The molecular formula is C51H54O12. The molecule has 0 unspecified atom stereocenters. The molecule has 0 saturated carbocycles. The first-order chi connectivity index (χ1) is 30.9. The van der Waals surface area contributed by atoms with Crippen LogP contribution in [0.25, 0.3) is 32.9 Å². The fraction of sp³-hybridized carbons (Fsp3) is 0.353. The fourth-order valence-corrected chi connectivity index (χ4v) is 7.00. The van der Waals surface area contributed by atoms with Crippen LogP contribution in [0.3, 0.4) is 0 Å². The van der Waals surface area contributed by atoms with Gasteiger partial charge in [-0.2, -0.15) is 0 Å². The van der Waals surface area contributed by atoms with Crippen LogP contribution in [0.5, 0.6) is 34.5 Å². The van der Waals surface area contributed by atoms with Crippen molar-refractivity contribution in [2.75, 3.05) is 39.6 Å². The lowest BCUT2D eigenvalue weighted by Gasteiger charge is -2.14. The first-order valence-corrected chi connectivity index (χ1v) is 22.0. The van der Waals surface area contributed by atoms with Gasteiger partial charge in [0.1, 0.15) is 51.2 Å². The maximum absolute atomic E-state index is 11.6. The molecule has 12 heteroatoms. The number of rotatable bonds is 27. The average molecular weight is 859 g/mol. The van der Waals surface area contributed by atoms with Gasteiger partial charge in [-0.1, -0.05) is 0 Å². The van der Waals surface area contributed by atoms with Crippen LogP contribution in [0.1, 0.15) is 77.0 Å². The first-order valence-electron chi connectivity index (χ1n) is 22.0. The molecule has 12 nitrogen and oxygen atoms in total. The second-order valence-corrected chi connectivity index (χ2v) is 15.3. The zero-order valence-corrected chi connectivity index (χ0v) is 35.5. The molecule has 0 radical (unpaired) electrons. The SMILES string of the molecule is O=c1ccc2ccc(OCCCCCCOc3cc(OCCCCCCOc4ccc5ccc(=O)oc5c4)cc(OCCCCCCOc4ccc5ccc(=O)oc5c4)c3)cc2o1. The number of hydrogen-bond donors (Lipinski definition) is 0. The van der Waals surface area contributed by atoms with Crippen LogP contribution in [-0.4, -0.2) is 39.6 Å². The molecular weight excluding hydrogens is 805 g/mol. The van der Waals surface area contributed by atoms with Crippen molar-refractivity contribution in [3.63, 3.8) is 0 Å². The minimum Gasteiger partial charge on any atom is -0.493 e. The summed E-state index contributed by atoms with van der Waals surface area (Å²) in [6, 6.07) is 31.8. The van der Waals surface area contributed by atoms with Crippen molar-refractivity contribution < 1.29 is 41.7 Å². The minimum absolute atomic E-state index is 0.378. The summed E-state index contributed by atoms with van der Waals surface area (Å²) in [5, 5.41) is 2.58. The van der Waals surface area contributed by atoms with Crippen molar-refractivity contribution in [3.05, 3.63) is 140 Å². The Kier molecular flexibility index (Phi) is 16.6. The molecule has 3 aromatic heterocycles. The van der Waals surface area contributed by atoms with Crippen molar-refractivity contribution in [2.24, 2.45) is 0 Å². The van der Waals surface area contributed by atoms with E-state index in [0.717, 1.165) is 93.2 Å². The van der Waals surface area contributed by atoms with Crippen LogP contribution in [0.2, 0.25) is 0 Å². The molecule has 63 heavy (non-hydrogen) atoms. The Morgan fingerprint density at radius 3 is 0.778 bits per heavy atom. The van der Waals surface area contributed by atoms with Gasteiger partial charge in [0, 0.05) is 70.8 Å². The van der Waals surface area contributed by atoms with E-state index >= 15 is 0 Å². The highest BCUT2D eigenvalue weighted by Gasteiger charge is 2.08. The van der Waals surface area contributed by atoms with Crippen LogP contribution in [0.15, 0.2) is 137 Å². The summed E-state index contributed by atoms with van der Waals surface area (Å²) >= 11 is 0. The zero-order chi connectivity index (χ0) is 43.5. The number of ether oxygens (including phenoxy) is 6. The van der Waals surface area contributed by atoms with E-state index in [1.165, 1.54) is 18.2 Å². The van der Waals surface area contributed by atoms with Crippen molar-refractivity contribution in [1.82, 2.24) is 0 Å². The summed E-state index contributed by atoms with van der Waals surface area (Å²) < 4.78 is 52.0. The maximum Gasteiger partial charge on any atom is 0.336 e. The van der Waals surface area contributed by atoms with Gasteiger partial charge in [-0.25, -0.2) is 14.4 Å². The van der Waals surface area contributed by atoms with Gasteiger partial charge in [0.2, 0.25) is 0 Å². The van der Waals surface area contributed by atoms with E-state index < -0.39 is 0 Å². The van der Waals surface area contributed by atoms with Gasteiger partial charge in [0.25, 0.3) is 0 Å². The lowest BCUT2D eigenvalue weighted by atomic mass is 10.2. The van der Waals surface area contributed by atoms with Crippen molar-refractivity contribution in [1.29, 1.82) is 0 Å². The van der Waals surface area contributed by atoms with E-state index in [1.54, 1.807) is 36.4 Å². The third-order valence-electron chi connectivity index (χ3n) is 10.4. The van der Waals surface area contributed by atoms with Crippen LogP contribution in [-0.2, 0) is 0 Å². The number of hydrogen-bond acceptors (Lipinski definition) is 12. The molecule has 0 amide bonds. The van der Waals surface area contributed by atoms with Gasteiger partial charge in [0.05, 0.1) is 39.6 Å². The monoisotopic (exact) mass is 858 g/mol. The normalized spacial score (nSPS) is 11.2. The lowest BCUT2D eigenvalue weighted by Crippen LogP contribution is -2.03. The molecule has 7 aromatic rings. The molecule has 0 aliphatic carbocycles. The quantitative estimate of drug-likeness (QED) is 0.0358. The van der Waals surface area contributed by atoms with E-state index in [0.29, 0.717) is 90.9 Å². The Balaban J connectivity index is 0.802. The third-order valence-corrected chi connectivity index (χ3v) is 10.4. The van der Waals surface area contributed by atoms with E-state index in [2.05, 4.69) is 0 Å². The zero-order valence-electron chi connectivity index (χ0n) is 35.5. The van der Waals surface area contributed by atoms with Crippen LogP contribution < -0.4 is 45.3 Å². The van der Waals surface area contributed by atoms with E-state index in [-0.39, 0.29) is 16.9 Å². The molecule has 3 heterocycles. The summed E-state index contributed by atoms with van der Waals surface area (Å²) in [5.41, 5.74) is 0.427. The topological polar surface area (TPSA) is 146 Å². The van der Waals surface area contributed by atoms with Crippen molar-refractivity contribution in [2.45, 2.75) is 77.0 Å². The standard InChI is InChI=1S/C51H54O12/c52-49-22-16-37-13-19-40(34-46(37)61-49)55-25-7-1-4-10-28-58-43-31-44(59-29-11-5-2-8-26-56-41-20-14-38-17-23-50(53)62-47(38)35-41)33-45(32-43)60-30-12-6-3-9-27-57-42-21-15-39-18-24-51(54)63-48(39)36-42/h13-24,31-36H,1-12,25-30H2. The predicted octanol–water partition coefficient (Wildman–Crippen LogP) is 11.1. The molecule has 7 rings (SSSR count). The summed E-state index contributed by atoms with van der Waals surface area (Å²) in [6.07, 6.45) is 11.3. The smallest absolute Gasteiger partial charge is 0.336 e. The molecule has 0 bridgehead atoms. The molecule has 0 fully saturated rings. The number of fused-ring (bicyclic) bond motifs is 3. The minimum atomic E-state index is -0.378. The Morgan fingerprint density at radius 1 is 0.270 bits per heavy atom. The fourth-order valence-electron chi connectivity index (χ4n) is 7.00. The average Bonchev–Trinajstić information content (AvgIpc) is 3.28. The van der Waals surface area contributed by atoms with Gasteiger partial charge in [-0.15, -0.1) is 0 Å². The third kappa shape index (κ3) is 14.4. The van der Waals surface area contributed by atoms with Crippen LogP contribution >= 0.6 is 0 Å². The molecule has 330 valence electrons. The van der Waals surface area contributed by atoms with Crippen molar-refractivity contribution >= 4 is 32.9 Å². The maximum atomic E-state index is 11.6. The van der Waals surface area contributed by atoms with E-state index in [4.69, 9.17) is 41.7 Å². The molecule has 0 spiro atoms. The molecule has 0 atom stereocenters. The highest BCUT2D eigenvalue weighted by Crippen LogP contribution is 2.29. The second kappa shape index (κ2) is 23.5. The molecule has 0 saturated heterocycles. The highest BCUT2D eigenvalue weighted by molar-refractivity contribution is 5.79. The summed E-state index contributed by atoms with van der Waals surface area (Å²) in [4.78, 5) is 34.7. The number of unbranched alkanes of at least 4 members (excludes halogenated alkanes) is 9. The van der Waals surface area contributed by atoms with Gasteiger partial charge in [-0.3, -0.25) is 0 Å². The highest BCUT2D eigenvalue weighted by atomic mass is 16.5. The Labute approximate surface area is 365 Å². The Bertz CT molecular complexity index is 2390. The summed E-state index contributed by atoms with van der Waals surface area (Å²) in [5.74, 6) is 4.19. The van der Waals surface area contributed by atoms with Gasteiger partial charge >= 0.3 is 16.9 Å². The lowest BCUT2D eigenvalue weighted by molar-refractivity contribution is 0.269. The van der Waals surface area contributed by atoms with Crippen LogP contribution in [0.4, 0.5) is 0 Å². The van der Waals surface area contributed by atoms with Crippen LogP contribution in [0, 0.1) is 0 Å². The predicted molar refractivity (Wildman–Crippen MR) is 242 cm³/mol. The van der Waals surface area contributed by atoms with Gasteiger partial charge in [-0.05, 0) is 132 Å².